The summed E-state index contributed by atoms with van der Waals surface area (Å²) in [5, 5.41) is 15.8. The van der Waals surface area contributed by atoms with Crippen molar-refractivity contribution < 1.29 is 9.90 Å². The van der Waals surface area contributed by atoms with Gasteiger partial charge >= 0.3 is 0 Å². The number of aliphatic hydroxyl groups is 1. The summed E-state index contributed by atoms with van der Waals surface area (Å²) in [5.74, 6) is -0.478. The Kier molecular flexibility index (Phi) is 4.18. The summed E-state index contributed by atoms with van der Waals surface area (Å²) in [6, 6.07) is 6.83. The number of nitrogens with one attached hydrogen (secondary N) is 1. The molecule has 2 rings (SSSR count). The second kappa shape index (κ2) is 5.88. The monoisotopic (exact) mass is 287 g/mol. The van der Waals surface area contributed by atoms with Crippen molar-refractivity contribution in [3.8, 4) is 0 Å². The molecule has 0 atom stereocenters. The average Bonchev–Trinajstić information content (AvgIpc) is 2.45. The third-order valence-electron chi connectivity index (χ3n) is 3.32. The van der Waals surface area contributed by atoms with Crippen molar-refractivity contribution in [2.75, 3.05) is 5.32 Å². The zero-order valence-electron chi connectivity index (χ0n) is 12.2. The molecule has 21 heavy (non-hydrogen) atoms. The Hall–Kier alpha value is -2.47. The van der Waals surface area contributed by atoms with Crippen LogP contribution in [0.3, 0.4) is 0 Å². The Morgan fingerprint density at radius 1 is 1.38 bits per heavy atom. The molecule has 2 aromatic rings. The summed E-state index contributed by atoms with van der Waals surface area (Å²) in [6.45, 7) is 3.33. The van der Waals surface area contributed by atoms with Crippen LogP contribution in [0.25, 0.3) is 0 Å². The number of carbonyl (C=O) groups is 1. The predicted molar refractivity (Wildman–Crippen MR) is 79.3 cm³/mol. The maximum absolute atomic E-state index is 12.3. The first-order valence-electron chi connectivity index (χ1n) is 6.49. The third kappa shape index (κ3) is 3.00. The number of carbonyl (C=O) groups excluding carboxylic acids is 1. The first kappa shape index (κ1) is 14.9. The summed E-state index contributed by atoms with van der Waals surface area (Å²) in [7, 11) is 1.51. The largest absolute Gasteiger partial charge is 0.392 e. The van der Waals surface area contributed by atoms with Crippen LogP contribution < -0.4 is 10.9 Å². The SMILES string of the molecule is Cc1nn(C)c(=O)c(C(=O)Nc2cccc(CO)c2)c1C. The molecule has 0 saturated heterocycles. The van der Waals surface area contributed by atoms with E-state index in [-0.39, 0.29) is 12.2 Å². The van der Waals surface area contributed by atoms with E-state index in [1.54, 1.807) is 38.1 Å². The zero-order chi connectivity index (χ0) is 15.6. The van der Waals surface area contributed by atoms with Crippen molar-refractivity contribution >= 4 is 11.6 Å². The minimum Gasteiger partial charge on any atom is -0.392 e. The van der Waals surface area contributed by atoms with Crippen LogP contribution in [-0.2, 0) is 13.7 Å². The fourth-order valence-electron chi connectivity index (χ4n) is 2.06. The van der Waals surface area contributed by atoms with E-state index in [1.807, 2.05) is 0 Å². The molecule has 2 N–H and O–H groups in total. The van der Waals surface area contributed by atoms with Crippen molar-refractivity contribution in [1.82, 2.24) is 9.78 Å². The molecule has 1 amide bonds. The Balaban J connectivity index is 2.39. The Morgan fingerprint density at radius 2 is 2.10 bits per heavy atom. The molecule has 1 aromatic heterocycles. The van der Waals surface area contributed by atoms with Crippen molar-refractivity contribution in [2.45, 2.75) is 20.5 Å². The van der Waals surface area contributed by atoms with Gasteiger partial charge in [-0.2, -0.15) is 5.10 Å². The Morgan fingerprint density at radius 3 is 2.76 bits per heavy atom. The van der Waals surface area contributed by atoms with Crippen LogP contribution in [0.2, 0.25) is 0 Å². The van der Waals surface area contributed by atoms with Gasteiger partial charge in [0.1, 0.15) is 5.56 Å². The summed E-state index contributed by atoms with van der Waals surface area (Å²) in [6.07, 6.45) is 0. The van der Waals surface area contributed by atoms with Gasteiger partial charge in [-0.3, -0.25) is 9.59 Å². The molecule has 0 fully saturated rings. The van der Waals surface area contributed by atoms with Crippen LogP contribution in [0.15, 0.2) is 29.1 Å². The van der Waals surface area contributed by atoms with E-state index in [0.717, 1.165) is 4.68 Å². The number of aliphatic hydroxyl groups excluding tert-OH is 1. The number of aromatic nitrogens is 2. The molecule has 6 heteroatoms. The van der Waals surface area contributed by atoms with E-state index in [0.29, 0.717) is 22.5 Å². The molecule has 1 heterocycles. The molecule has 0 spiro atoms. The highest BCUT2D eigenvalue weighted by atomic mass is 16.3. The minimum absolute atomic E-state index is 0.0828. The Bertz CT molecular complexity index is 750. The number of benzene rings is 1. The van der Waals surface area contributed by atoms with Crippen LogP contribution in [0.5, 0.6) is 0 Å². The summed E-state index contributed by atoms with van der Waals surface area (Å²) in [4.78, 5) is 24.4. The molecule has 110 valence electrons. The van der Waals surface area contributed by atoms with Gasteiger partial charge in [0.2, 0.25) is 0 Å². The lowest BCUT2D eigenvalue weighted by Crippen LogP contribution is -2.31. The van der Waals surface area contributed by atoms with Gasteiger partial charge in [0.15, 0.2) is 0 Å². The lowest BCUT2D eigenvalue weighted by molar-refractivity contribution is 0.102. The van der Waals surface area contributed by atoms with Gasteiger partial charge in [0.05, 0.1) is 12.3 Å². The van der Waals surface area contributed by atoms with Gasteiger partial charge in [-0.25, -0.2) is 4.68 Å². The second-order valence-corrected chi connectivity index (χ2v) is 4.83. The Labute approximate surface area is 122 Å². The van der Waals surface area contributed by atoms with Gasteiger partial charge in [-0.15, -0.1) is 0 Å². The van der Waals surface area contributed by atoms with E-state index in [2.05, 4.69) is 10.4 Å². The van der Waals surface area contributed by atoms with Gasteiger partial charge in [0, 0.05) is 12.7 Å². The van der Waals surface area contributed by atoms with Crippen LogP contribution in [0.4, 0.5) is 5.69 Å². The average molecular weight is 287 g/mol. The summed E-state index contributed by atoms with van der Waals surface area (Å²) >= 11 is 0. The molecule has 0 radical (unpaired) electrons. The topological polar surface area (TPSA) is 84.2 Å². The van der Waals surface area contributed by atoms with Gasteiger partial charge in [0.25, 0.3) is 11.5 Å². The number of rotatable bonds is 3. The van der Waals surface area contributed by atoms with E-state index in [4.69, 9.17) is 5.11 Å². The van der Waals surface area contributed by atoms with Crippen molar-refractivity contribution in [1.29, 1.82) is 0 Å². The van der Waals surface area contributed by atoms with Crippen LogP contribution >= 0.6 is 0 Å². The normalized spacial score (nSPS) is 10.5. The first-order valence-corrected chi connectivity index (χ1v) is 6.49. The molecule has 0 saturated carbocycles. The minimum atomic E-state index is -0.478. The smallest absolute Gasteiger partial charge is 0.279 e. The summed E-state index contributed by atoms with van der Waals surface area (Å²) < 4.78 is 1.15. The van der Waals surface area contributed by atoms with Crippen LogP contribution in [0.1, 0.15) is 27.2 Å². The lowest BCUT2D eigenvalue weighted by Gasteiger charge is -2.10. The molecule has 0 aliphatic heterocycles. The highest BCUT2D eigenvalue weighted by molar-refractivity contribution is 6.05. The quantitative estimate of drug-likeness (QED) is 0.886. The second-order valence-electron chi connectivity index (χ2n) is 4.83. The fraction of sp³-hybridized carbons (Fsp3) is 0.267. The standard InChI is InChI=1S/C15H17N3O3/c1-9-10(2)17-18(3)15(21)13(9)14(20)16-12-6-4-5-11(7-12)8-19/h4-7,19H,8H2,1-3H3,(H,16,20). The molecule has 0 aliphatic rings. The van der Waals surface area contributed by atoms with Crippen LogP contribution in [-0.4, -0.2) is 20.8 Å². The molecule has 0 bridgehead atoms. The molecular weight excluding hydrogens is 270 g/mol. The molecular formula is C15H17N3O3. The highest BCUT2D eigenvalue weighted by Gasteiger charge is 2.18. The number of amides is 1. The van der Waals surface area contributed by atoms with Gasteiger partial charge in [-0.1, -0.05) is 12.1 Å². The highest BCUT2D eigenvalue weighted by Crippen LogP contribution is 2.13. The lowest BCUT2D eigenvalue weighted by atomic mass is 10.1. The third-order valence-corrected chi connectivity index (χ3v) is 3.32. The number of aryl methyl sites for hydroxylation is 2. The van der Waals surface area contributed by atoms with E-state index < -0.39 is 11.5 Å². The zero-order valence-corrected chi connectivity index (χ0v) is 12.2. The molecule has 6 nitrogen and oxygen atoms in total. The van der Waals surface area contributed by atoms with Gasteiger partial charge < -0.3 is 10.4 Å². The van der Waals surface area contributed by atoms with E-state index >= 15 is 0 Å². The van der Waals surface area contributed by atoms with Crippen LogP contribution in [0, 0.1) is 13.8 Å². The number of hydrogen-bond acceptors (Lipinski definition) is 4. The number of nitrogens with zero attached hydrogens (tertiary/aromatic N) is 2. The molecule has 0 unspecified atom stereocenters. The number of hydrogen-bond donors (Lipinski definition) is 2. The van der Waals surface area contributed by atoms with Crippen molar-refractivity contribution in [2.24, 2.45) is 7.05 Å². The number of anilines is 1. The maximum atomic E-state index is 12.3. The van der Waals surface area contributed by atoms with E-state index in [1.165, 1.54) is 7.05 Å². The summed E-state index contributed by atoms with van der Waals surface area (Å²) in [5.41, 5.74) is 2.05. The first-order chi connectivity index (χ1) is 9.93. The predicted octanol–water partition coefficient (Wildman–Crippen LogP) is 1.14. The molecule has 1 aromatic carbocycles. The molecule has 0 aliphatic carbocycles. The van der Waals surface area contributed by atoms with E-state index in [9.17, 15) is 9.59 Å². The fourth-order valence-corrected chi connectivity index (χ4v) is 2.06. The maximum Gasteiger partial charge on any atom is 0.279 e. The van der Waals surface area contributed by atoms with Crippen molar-refractivity contribution in [3.63, 3.8) is 0 Å². The van der Waals surface area contributed by atoms with Gasteiger partial charge in [-0.05, 0) is 37.1 Å². The van der Waals surface area contributed by atoms with Crippen molar-refractivity contribution in [3.05, 3.63) is 57.0 Å².